The Bertz CT molecular complexity index is 1090. The molecule has 0 heterocycles. The first-order valence-electron chi connectivity index (χ1n) is 8.24. The third-order valence-electron chi connectivity index (χ3n) is 4.25. The molecule has 0 aliphatic heterocycles. The molecule has 0 amide bonds. The predicted molar refractivity (Wildman–Crippen MR) is 115 cm³/mol. The van der Waals surface area contributed by atoms with Gasteiger partial charge in [-0.3, -0.25) is 9.59 Å². The monoisotopic (exact) mass is 450 g/mol. The highest BCUT2D eigenvalue weighted by Gasteiger charge is 2.27. The molecule has 1 atom stereocenters. The van der Waals surface area contributed by atoms with Crippen molar-refractivity contribution in [2.75, 3.05) is 0 Å². The maximum Gasteiger partial charge on any atom is 0.224 e. The molecule has 3 nitrogen and oxygen atoms in total. The number of rotatable bonds is 5. The van der Waals surface area contributed by atoms with Crippen molar-refractivity contribution in [3.05, 3.63) is 98.0 Å². The van der Waals surface area contributed by atoms with E-state index in [2.05, 4.69) is 0 Å². The average Bonchev–Trinajstić information content (AvgIpc) is 2.68. The number of ketones is 1. The molecule has 3 rings (SSSR count). The fraction of sp³-hybridized carbons (Fsp3) is 0.0476. The lowest BCUT2D eigenvalue weighted by atomic mass is 10.0. The number of carbonyl (C=O) groups is 2. The van der Waals surface area contributed by atoms with Crippen molar-refractivity contribution in [1.82, 2.24) is 0 Å². The van der Waals surface area contributed by atoms with Crippen LogP contribution in [0.3, 0.4) is 0 Å². The molecule has 0 aliphatic rings. The SMILES string of the molecule is Cc1cccc(Cl)c1C(=O)[PH](=O)c1c(Cl)ccc(C(=O)c2ccccc2)c1Cl. The zero-order valence-electron chi connectivity index (χ0n) is 14.6. The van der Waals surface area contributed by atoms with Crippen molar-refractivity contribution in [2.45, 2.75) is 6.92 Å². The minimum atomic E-state index is -3.13. The molecule has 0 spiro atoms. The summed E-state index contributed by atoms with van der Waals surface area (Å²) in [6.45, 7) is 1.70. The molecule has 0 saturated heterocycles. The number of hydrogen-bond donors (Lipinski definition) is 0. The van der Waals surface area contributed by atoms with E-state index in [-0.39, 0.29) is 37.3 Å². The molecule has 0 bridgehead atoms. The van der Waals surface area contributed by atoms with Gasteiger partial charge in [0.2, 0.25) is 5.52 Å². The fourth-order valence-electron chi connectivity index (χ4n) is 2.83. The van der Waals surface area contributed by atoms with Gasteiger partial charge in [-0.15, -0.1) is 0 Å². The number of hydrogen-bond acceptors (Lipinski definition) is 3. The van der Waals surface area contributed by atoms with Crippen LogP contribution in [0.1, 0.15) is 31.8 Å². The second-order valence-corrected chi connectivity index (χ2v) is 8.87. The maximum absolute atomic E-state index is 13.1. The zero-order valence-corrected chi connectivity index (χ0v) is 17.9. The molecule has 3 aromatic rings. The first-order chi connectivity index (χ1) is 13.3. The van der Waals surface area contributed by atoms with E-state index < -0.39 is 13.3 Å². The van der Waals surface area contributed by atoms with Gasteiger partial charge in [0.15, 0.2) is 13.6 Å². The van der Waals surface area contributed by atoms with E-state index in [0.29, 0.717) is 11.1 Å². The van der Waals surface area contributed by atoms with Gasteiger partial charge in [-0.2, -0.15) is 0 Å². The molecule has 0 aromatic heterocycles. The molecule has 7 heteroatoms. The molecule has 3 aromatic carbocycles. The van der Waals surface area contributed by atoms with Crippen LogP contribution >= 0.6 is 42.6 Å². The zero-order chi connectivity index (χ0) is 20.4. The fourth-order valence-corrected chi connectivity index (χ4v) is 5.61. The summed E-state index contributed by atoms with van der Waals surface area (Å²) in [5.74, 6) is -0.348. The molecular formula is C21H14Cl3O3P. The first-order valence-corrected chi connectivity index (χ1v) is 10.8. The minimum Gasteiger partial charge on any atom is -0.313 e. The number of carbonyl (C=O) groups excluding carboxylic acids is 2. The number of halogens is 3. The van der Waals surface area contributed by atoms with Gasteiger partial charge in [0.1, 0.15) is 0 Å². The summed E-state index contributed by atoms with van der Waals surface area (Å²) < 4.78 is 13.1. The first kappa shape index (κ1) is 20.8. The van der Waals surface area contributed by atoms with Gasteiger partial charge in [0, 0.05) is 16.7 Å². The Kier molecular flexibility index (Phi) is 6.42. The summed E-state index contributed by atoms with van der Waals surface area (Å²) in [5, 5.41) is 0.159. The second-order valence-electron chi connectivity index (χ2n) is 6.07. The summed E-state index contributed by atoms with van der Waals surface area (Å²) in [6.07, 6.45) is 0. The van der Waals surface area contributed by atoms with E-state index in [1.165, 1.54) is 12.1 Å². The van der Waals surface area contributed by atoms with Crippen molar-refractivity contribution in [1.29, 1.82) is 0 Å². The highest BCUT2D eigenvalue weighted by Crippen LogP contribution is 2.37. The topological polar surface area (TPSA) is 51.2 Å². The van der Waals surface area contributed by atoms with Crippen LogP contribution in [0.5, 0.6) is 0 Å². The third kappa shape index (κ3) is 3.94. The Hall–Kier alpha value is -1.90. The number of aryl methyl sites for hydroxylation is 1. The molecule has 0 aliphatic carbocycles. The molecule has 0 fully saturated rings. The van der Waals surface area contributed by atoms with Crippen LogP contribution in [0.25, 0.3) is 0 Å². The van der Waals surface area contributed by atoms with Gasteiger partial charge in [-0.1, -0.05) is 77.3 Å². The lowest BCUT2D eigenvalue weighted by Gasteiger charge is -2.12. The van der Waals surface area contributed by atoms with Crippen LogP contribution < -0.4 is 5.30 Å². The quantitative estimate of drug-likeness (QED) is 0.342. The lowest BCUT2D eigenvalue weighted by Crippen LogP contribution is -2.13. The predicted octanol–water partition coefficient (Wildman–Crippen LogP) is 6.21. The van der Waals surface area contributed by atoms with Crippen LogP contribution in [0.4, 0.5) is 0 Å². The van der Waals surface area contributed by atoms with Crippen LogP contribution in [0.15, 0.2) is 60.7 Å². The summed E-state index contributed by atoms with van der Waals surface area (Å²) in [7, 11) is -3.13. The molecule has 142 valence electrons. The molecular weight excluding hydrogens is 438 g/mol. The Morgan fingerprint density at radius 1 is 0.821 bits per heavy atom. The van der Waals surface area contributed by atoms with E-state index in [4.69, 9.17) is 34.8 Å². The molecule has 0 saturated carbocycles. The van der Waals surface area contributed by atoms with Crippen molar-refractivity contribution < 1.29 is 14.2 Å². The molecule has 28 heavy (non-hydrogen) atoms. The van der Waals surface area contributed by atoms with Crippen molar-refractivity contribution in [3.63, 3.8) is 0 Å². The van der Waals surface area contributed by atoms with Gasteiger partial charge in [-0.25, -0.2) is 0 Å². The molecule has 0 radical (unpaired) electrons. The van der Waals surface area contributed by atoms with Gasteiger partial charge >= 0.3 is 0 Å². The average molecular weight is 452 g/mol. The van der Waals surface area contributed by atoms with Gasteiger partial charge in [0.05, 0.1) is 20.4 Å². The van der Waals surface area contributed by atoms with E-state index in [1.54, 1.807) is 55.5 Å². The van der Waals surface area contributed by atoms with Crippen molar-refractivity contribution in [3.8, 4) is 0 Å². The second kappa shape index (κ2) is 8.63. The van der Waals surface area contributed by atoms with E-state index in [9.17, 15) is 14.2 Å². The Labute approximate surface area is 178 Å². The highest BCUT2D eigenvalue weighted by molar-refractivity contribution is 7.72. The summed E-state index contributed by atoms with van der Waals surface area (Å²) in [6, 6.07) is 16.4. The number of benzene rings is 3. The smallest absolute Gasteiger partial charge is 0.224 e. The largest absolute Gasteiger partial charge is 0.313 e. The van der Waals surface area contributed by atoms with Crippen molar-refractivity contribution >= 4 is 59.2 Å². The van der Waals surface area contributed by atoms with E-state index in [0.717, 1.165) is 0 Å². The summed E-state index contributed by atoms with van der Waals surface area (Å²) >= 11 is 18.7. The Morgan fingerprint density at radius 2 is 1.50 bits per heavy atom. The highest BCUT2D eigenvalue weighted by atomic mass is 35.5. The minimum absolute atomic E-state index is 0.0283. The standard InChI is InChI=1S/C21H14Cl3O3P/c1-12-6-5-9-15(22)17(12)21(26)28(27)20-16(23)11-10-14(18(20)24)19(25)13-7-3-2-4-8-13/h2-11,28H,1H3. The Morgan fingerprint density at radius 3 is 2.14 bits per heavy atom. The van der Waals surface area contributed by atoms with Crippen LogP contribution in [0, 0.1) is 6.92 Å². The summed E-state index contributed by atoms with van der Waals surface area (Å²) in [4.78, 5) is 25.7. The van der Waals surface area contributed by atoms with Crippen molar-refractivity contribution in [2.24, 2.45) is 0 Å². The molecule has 1 unspecified atom stereocenters. The van der Waals surface area contributed by atoms with Gasteiger partial charge in [0.25, 0.3) is 0 Å². The summed E-state index contributed by atoms with van der Waals surface area (Å²) in [5.41, 5.74) is 0.667. The Balaban J connectivity index is 2.08. The van der Waals surface area contributed by atoms with E-state index >= 15 is 0 Å². The van der Waals surface area contributed by atoms with Crippen LogP contribution in [0.2, 0.25) is 15.1 Å². The normalized spacial score (nSPS) is 11.9. The van der Waals surface area contributed by atoms with Crippen LogP contribution in [-0.4, -0.2) is 11.3 Å². The third-order valence-corrected chi connectivity index (χ3v) is 7.23. The van der Waals surface area contributed by atoms with E-state index in [1.807, 2.05) is 0 Å². The maximum atomic E-state index is 13.1. The van der Waals surface area contributed by atoms with Gasteiger partial charge < -0.3 is 4.57 Å². The molecule has 0 N–H and O–H groups in total. The lowest BCUT2D eigenvalue weighted by molar-refractivity contribution is 0.103. The van der Waals surface area contributed by atoms with Gasteiger partial charge in [-0.05, 0) is 30.7 Å². The van der Waals surface area contributed by atoms with Crippen LogP contribution in [-0.2, 0) is 4.57 Å².